The molecular formula is C27H21F9O2. The number of ether oxygens (including phenoxy) is 2. The van der Waals surface area contributed by atoms with Crippen molar-refractivity contribution in [2.75, 3.05) is 6.61 Å². The highest BCUT2D eigenvalue weighted by Crippen LogP contribution is 2.60. The Hall–Kier alpha value is -3.37. The van der Waals surface area contributed by atoms with Crippen LogP contribution in [0.1, 0.15) is 48.4 Å². The first-order valence-corrected chi connectivity index (χ1v) is 11.6. The molecule has 2 aliphatic carbocycles. The monoisotopic (exact) mass is 548 g/mol. The van der Waals surface area contributed by atoms with E-state index in [1.54, 1.807) is 0 Å². The maximum atomic E-state index is 15.3. The third-order valence-corrected chi connectivity index (χ3v) is 6.38. The summed E-state index contributed by atoms with van der Waals surface area (Å²) >= 11 is 0. The van der Waals surface area contributed by atoms with Gasteiger partial charge in [-0.05, 0) is 61.1 Å². The maximum absolute atomic E-state index is 15.3. The molecule has 2 aromatic carbocycles. The number of halogens is 9. The van der Waals surface area contributed by atoms with Gasteiger partial charge in [0.2, 0.25) is 0 Å². The van der Waals surface area contributed by atoms with Crippen LogP contribution in [0.15, 0.2) is 60.1 Å². The van der Waals surface area contributed by atoms with Crippen LogP contribution in [0.5, 0.6) is 5.75 Å². The Morgan fingerprint density at radius 1 is 1.00 bits per heavy atom. The molecule has 0 N–H and O–H groups in total. The van der Waals surface area contributed by atoms with Crippen LogP contribution in [-0.4, -0.2) is 12.5 Å². The van der Waals surface area contributed by atoms with E-state index in [4.69, 9.17) is 4.74 Å². The van der Waals surface area contributed by atoms with E-state index in [9.17, 15) is 26.3 Å². The fourth-order valence-electron chi connectivity index (χ4n) is 4.54. The van der Waals surface area contributed by atoms with Crippen molar-refractivity contribution in [2.45, 2.75) is 50.6 Å². The molecule has 0 aromatic heterocycles. The highest BCUT2D eigenvalue weighted by atomic mass is 19.3. The lowest BCUT2D eigenvalue weighted by Gasteiger charge is -2.38. The van der Waals surface area contributed by atoms with Crippen molar-refractivity contribution < 1.29 is 49.0 Å². The average molecular weight is 548 g/mol. The van der Waals surface area contributed by atoms with E-state index in [1.165, 1.54) is 13.0 Å². The summed E-state index contributed by atoms with van der Waals surface area (Å²) in [5.41, 5.74) is -5.80. The molecule has 0 radical (unpaired) electrons. The lowest BCUT2D eigenvalue weighted by molar-refractivity contribution is -0.228. The predicted octanol–water partition coefficient (Wildman–Crippen LogP) is 8.72. The molecule has 0 bridgehead atoms. The zero-order chi connectivity index (χ0) is 28.0. The van der Waals surface area contributed by atoms with Gasteiger partial charge in [0.25, 0.3) is 0 Å². The Morgan fingerprint density at radius 2 is 1.71 bits per heavy atom. The molecule has 0 amide bonds. The zero-order valence-corrected chi connectivity index (χ0v) is 19.9. The molecule has 0 heterocycles. The van der Waals surface area contributed by atoms with Gasteiger partial charge in [-0.1, -0.05) is 18.2 Å². The summed E-state index contributed by atoms with van der Waals surface area (Å²) in [5, 5.41) is 0. The Labute approximate surface area is 212 Å². The maximum Gasteiger partial charge on any atom is 0.426 e. The summed E-state index contributed by atoms with van der Waals surface area (Å²) in [6.07, 6.45) is -3.69. The molecule has 0 aliphatic heterocycles. The fraction of sp³-hybridized carbons (Fsp3) is 0.333. The molecule has 0 atom stereocenters. The lowest BCUT2D eigenvalue weighted by Crippen LogP contribution is -2.45. The first-order chi connectivity index (χ1) is 17.8. The quantitative estimate of drug-likeness (QED) is 0.243. The van der Waals surface area contributed by atoms with Crippen LogP contribution >= 0.6 is 0 Å². The van der Waals surface area contributed by atoms with E-state index in [-0.39, 0.29) is 18.6 Å². The average Bonchev–Trinajstić information content (AvgIpc) is 2.84. The van der Waals surface area contributed by atoms with Crippen LogP contribution in [0.2, 0.25) is 0 Å². The van der Waals surface area contributed by atoms with Crippen LogP contribution in [0, 0.1) is 11.6 Å². The van der Waals surface area contributed by atoms with Gasteiger partial charge in [0, 0.05) is 6.42 Å². The third-order valence-electron chi connectivity index (χ3n) is 6.38. The van der Waals surface area contributed by atoms with Crippen molar-refractivity contribution >= 4 is 5.57 Å². The molecule has 0 saturated heterocycles. The van der Waals surface area contributed by atoms with Crippen LogP contribution in [0.4, 0.5) is 39.5 Å². The Balaban J connectivity index is 1.77. The van der Waals surface area contributed by atoms with Gasteiger partial charge >= 0.3 is 18.0 Å². The Bertz CT molecular complexity index is 1340. The molecule has 38 heavy (non-hydrogen) atoms. The minimum absolute atomic E-state index is 0.102. The third kappa shape index (κ3) is 4.35. The van der Waals surface area contributed by atoms with Gasteiger partial charge in [0.05, 0.1) is 23.3 Å². The minimum atomic E-state index is -5.31. The SMILES string of the molecule is C=CCCc1ccc(C(F)(F)OC2=C(F)C3=C(CC2)c2ccc(OCC)c(F)c2C(F)(F)C3(F)F)cc1F. The zero-order valence-electron chi connectivity index (χ0n) is 19.9. The minimum Gasteiger partial charge on any atom is -0.491 e. The summed E-state index contributed by atoms with van der Waals surface area (Å²) in [6.45, 7) is 4.77. The van der Waals surface area contributed by atoms with Gasteiger partial charge < -0.3 is 9.47 Å². The van der Waals surface area contributed by atoms with Crippen LogP contribution in [0.3, 0.4) is 0 Å². The molecule has 4 rings (SSSR count). The Kier molecular flexibility index (Phi) is 7.09. The number of hydrogen-bond donors (Lipinski definition) is 0. The van der Waals surface area contributed by atoms with Crippen molar-refractivity contribution in [3.63, 3.8) is 0 Å². The molecule has 2 aliphatic rings. The number of fused-ring (bicyclic) bond motifs is 2. The highest BCUT2D eigenvalue weighted by molar-refractivity contribution is 5.81. The summed E-state index contributed by atoms with van der Waals surface area (Å²) in [5.74, 6) is -17.4. The molecule has 0 fully saturated rings. The van der Waals surface area contributed by atoms with Crippen LogP contribution in [0.25, 0.3) is 5.57 Å². The molecule has 2 nitrogen and oxygen atoms in total. The van der Waals surface area contributed by atoms with Crippen molar-refractivity contribution in [3.05, 3.63) is 94.0 Å². The molecule has 0 unspecified atom stereocenters. The summed E-state index contributed by atoms with van der Waals surface area (Å²) in [6, 6.07) is 4.19. The van der Waals surface area contributed by atoms with E-state index >= 15 is 13.2 Å². The van der Waals surface area contributed by atoms with Gasteiger partial charge in [-0.3, -0.25) is 0 Å². The molecule has 0 saturated carbocycles. The molecular weight excluding hydrogens is 527 g/mol. The summed E-state index contributed by atoms with van der Waals surface area (Å²) < 4.78 is 144. The second-order valence-electron chi connectivity index (χ2n) is 8.73. The first-order valence-electron chi connectivity index (χ1n) is 11.6. The van der Waals surface area contributed by atoms with E-state index in [2.05, 4.69) is 11.3 Å². The normalized spacial score (nSPS) is 18.2. The number of alkyl halides is 6. The predicted molar refractivity (Wildman–Crippen MR) is 121 cm³/mol. The number of aryl methyl sites for hydroxylation is 1. The lowest BCUT2D eigenvalue weighted by atomic mass is 9.75. The van der Waals surface area contributed by atoms with Crippen LogP contribution in [-0.2, 0) is 23.2 Å². The van der Waals surface area contributed by atoms with Crippen molar-refractivity contribution in [2.24, 2.45) is 0 Å². The van der Waals surface area contributed by atoms with Gasteiger partial charge in [-0.2, -0.15) is 26.3 Å². The summed E-state index contributed by atoms with van der Waals surface area (Å²) in [7, 11) is 0. The number of benzene rings is 2. The van der Waals surface area contributed by atoms with Gasteiger partial charge in [0.1, 0.15) is 11.6 Å². The summed E-state index contributed by atoms with van der Waals surface area (Å²) in [4.78, 5) is 0. The van der Waals surface area contributed by atoms with E-state index in [1.807, 2.05) is 0 Å². The van der Waals surface area contributed by atoms with E-state index in [0.717, 1.165) is 24.3 Å². The first kappa shape index (κ1) is 27.7. The second kappa shape index (κ2) is 9.74. The molecule has 2 aromatic rings. The fourth-order valence-corrected chi connectivity index (χ4v) is 4.54. The van der Waals surface area contributed by atoms with Gasteiger partial charge in [-0.15, -0.1) is 6.58 Å². The number of rotatable bonds is 8. The van der Waals surface area contributed by atoms with Crippen molar-refractivity contribution in [1.82, 2.24) is 0 Å². The van der Waals surface area contributed by atoms with Crippen molar-refractivity contribution in [3.8, 4) is 5.75 Å². The molecule has 204 valence electrons. The Morgan fingerprint density at radius 3 is 2.34 bits per heavy atom. The van der Waals surface area contributed by atoms with Crippen molar-refractivity contribution in [1.29, 1.82) is 0 Å². The topological polar surface area (TPSA) is 18.5 Å². The number of allylic oxidation sites excluding steroid dienone is 5. The largest absolute Gasteiger partial charge is 0.491 e. The van der Waals surface area contributed by atoms with Gasteiger partial charge in [-0.25, -0.2) is 13.2 Å². The van der Waals surface area contributed by atoms with Gasteiger partial charge in [0.15, 0.2) is 17.4 Å². The number of hydrogen-bond acceptors (Lipinski definition) is 2. The van der Waals surface area contributed by atoms with Crippen LogP contribution < -0.4 is 4.74 Å². The molecule has 0 spiro atoms. The highest BCUT2D eigenvalue weighted by Gasteiger charge is 2.67. The second-order valence-corrected chi connectivity index (χ2v) is 8.73. The van der Waals surface area contributed by atoms with E-state index < -0.39 is 87.6 Å². The van der Waals surface area contributed by atoms with E-state index in [0.29, 0.717) is 12.5 Å². The molecule has 11 heteroatoms. The smallest absolute Gasteiger partial charge is 0.426 e. The standard InChI is InChI=1S/C27H21F9O2/c1-3-5-6-14-7-8-15(13-18(14)28)27(35,36)38-20-12-10-17-16-9-11-19(37-4-2)23(29)21(16)25(31,32)26(33,34)22(17)24(20)30/h3,7-9,11,13H,1,4-6,10,12H2,2H3.